The smallest absolute Gasteiger partial charge is 1.00 e. The Morgan fingerprint density at radius 2 is 1.42 bits per heavy atom. The molecule has 1 atom stereocenters. The molecule has 0 aromatic carbocycles. The third-order valence-corrected chi connectivity index (χ3v) is 5.54. The van der Waals surface area contributed by atoms with Gasteiger partial charge in [0.05, 0.1) is 0 Å². The fourth-order valence-electron chi connectivity index (χ4n) is 1.36. The average molecular weight is 554 g/mol. The van der Waals surface area contributed by atoms with Gasteiger partial charge in [-0.25, -0.2) is 0 Å². The summed E-state index contributed by atoms with van der Waals surface area (Å²) in [5.74, 6) is 0.756. The van der Waals surface area contributed by atoms with Crippen LogP contribution >= 0.6 is 0 Å². The van der Waals surface area contributed by atoms with Crippen molar-refractivity contribution in [3.8, 4) is 0 Å². The van der Waals surface area contributed by atoms with Crippen LogP contribution in [0.25, 0.3) is 0 Å². The van der Waals surface area contributed by atoms with Crippen molar-refractivity contribution < 1.29 is 72.3 Å². The molecular weight excluding hydrogens is 540 g/mol. The second-order valence-corrected chi connectivity index (χ2v) is 5.00. The number of allylic oxidation sites excluding steroid dienone is 4. The van der Waals surface area contributed by atoms with E-state index in [0.717, 1.165) is 5.92 Å². The summed E-state index contributed by atoms with van der Waals surface area (Å²) >= 11 is 1.23. The molecule has 0 saturated heterocycles. The van der Waals surface area contributed by atoms with Crippen molar-refractivity contribution in [2.24, 2.45) is 5.92 Å². The molecule has 0 nitrogen and oxygen atoms in total. The Morgan fingerprint density at radius 3 is 1.50 bits per heavy atom. The molecule has 12 heavy (non-hydrogen) atoms. The molecule has 0 aromatic heterocycles. The van der Waals surface area contributed by atoms with Crippen LogP contribution in [0.1, 0.15) is 27.7 Å². The van der Waals surface area contributed by atoms with Crippen LogP contribution in [0.2, 0.25) is 0 Å². The van der Waals surface area contributed by atoms with Crippen LogP contribution in [0, 0.1) is 5.92 Å². The summed E-state index contributed by atoms with van der Waals surface area (Å²) in [6, 6.07) is 0. The van der Waals surface area contributed by atoms with Crippen molar-refractivity contribution >= 4 is 0 Å². The van der Waals surface area contributed by atoms with Crippen molar-refractivity contribution in [2.75, 3.05) is 0 Å². The van der Waals surface area contributed by atoms with Crippen LogP contribution in [0.15, 0.2) is 20.0 Å². The zero-order valence-electron chi connectivity index (χ0n) is 7.83. The normalized spacial score (nSPS) is 22.3. The minimum absolute atomic E-state index is 0. The van der Waals surface area contributed by atoms with E-state index in [9.17, 15) is 0 Å². The summed E-state index contributed by atoms with van der Waals surface area (Å²) in [6.07, 6.45) is 0. The van der Waals surface area contributed by atoms with Crippen LogP contribution in [0.3, 0.4) is 0 Å². The summed E-state index contributed by atoms with van der Waals surface area (Å²) in [5, 5.41) is 0. The molecule has 0 aliphatic heterocycles. The number of halogens is 2. The Balaban J connectivity index is 0. The standard InChI is InChI=1S/C9H13.Hf.2HI/c1-6-5-7(2)9(4)8(6)3;;;/h6H,1-4H3;;2*1H/q;+2;;/p-2. The molecule has 0 N–H and O–H groups in total. The number of hydrogen-bond acceptors (Lipinski definition) is 0. The van der Waals surface area contributed by atoms with Crippen molar-refractivity contribution in [1.82, 2.24) is 0 Å². The average Bonchev–Trinajstić information content (AvgIpc) is 2.07. The van der Waals surface area contributed by atoms with Crippen LogP contribution in [-0.2, 0) is 24.4 Å². The van der Waals surface area contributed by atoms with Gasteiger partial charge in [-0.3, -0.25) is 0 Å². The molecule has 0 fully saturated rings. The van der Waals surface area contributed by atoms with Gasteiger partial charge in [-0.15, -0.1) is 0 Å². The summed E-state index contributed by atoms with van der Waals surface area (Å²) < 4.78 is 1.69. The first-order chi connectivity index (χ1) is 4.55. The molecule has 1 rings (SSSR count). The van der Waals surface area contributed by atoms with Gasteiger partial charge in [0.2, 0.25) is 0 Å². The van der Waals surface area contributed by atoms with Crippen LogP contribution < -0.4 is 48.0 Å². The van der Waals surface area contributed by atoms with E-state index in [1.54, 1.807) is 14.5 Å². The minimum Gasteiger partial charge on any atom is -1.00 e. The summed E-state index contributed by atoms with van der Waals surface area (Å²) in [7, 11) is 0. The largest absolute Gasteiger partial charge is 1.00 e. The van der Waals surface area contributed by atoms with Crippen molar-refractivity contribution in [2.45, 2.75) is 27.7 Å². The summed E-state index contributed by atoms with van der Waals surface area (Å²) in [5.41, 5.74) is 4.69. The molecule has 3 heteroatoms. The Hall–Kier alpha value is 1.81. The Bertz CT molecular complexity index is 205. The zero-order chi connectivity index (χ0) is 7.89. The number of hydrogen-bond donors (Lipinski definition) is 0. The molecule has 0 amide bonds. The van der Waals surface area contributed by atoms with Crippen molar-refractivity contribution in [1.29, 1.82) is 0 Å². The van der Waals surface area contributed by atoms with Gasteiger partial charge in [-0.2, -0.15) is 0 Å². The quantitative estimate of drug-likeness (QED) is 0.219. The van der Waals surface area contributed by atoms with E-state index < -0.39 is 0 Å². The maximum atomic E-state index is 2.32. The first kappa shape index (κ1) is 16.2. The van der Waals surface area contributed by atoms with Gasteiger partial charge in [0.25, 0.3) is 0 Å². The van der Waals surface area contributed by atoms with Gasteiger partial charge >= 0.3 is 78.0 Å². The van der Waals surface area contributed by atoms with Crippen molar-refractivity contribution in [3.05, 3.63) is 20.0 Å². The van der Waals surface area contributed by atoms with Gasteiger partial charge in [-0.1, -0.05) is 0 Å². The van der Waals surface area contributed by atoms with E-state index in [-0.39, 0.29) is 48.0 Å². The van der Waals surface area contributed by atoms with Gasteiger partial charge < -0.3 is 48.0 Å². The Labute approximate surface area is 124 Å². The van der Waals surface area contributed by atoms with Crippen molar-refractivity contribution in [3.63, 3.8) is 0 Å². The molecule has 1 unspecified atom stereocenters. The van der Waals surface area contributed by atoms with Crippen LogP contribution in [0.4, 0.5) is 0 Å². The van der Waals surface area contributed by atoms with Gasteiger partial charge in [0, 0.05) is 0 Å². The number of rotatable bonds is 0. The predicted molar refractivity (Wildman–Crippen MR) is 40.2 cm³/mol. The van der Waals surface area contributed by atoms with E-state index in [1.807, 2.05) is 0 Å². The second-order valence-electron chi connectivity index (χ2n) is 3.07. The Kier molecular flexibility index (Phi) is 8.56. The third kappa shape index (κ3) is 2.90. The van der Waals surface area contributed by atoms with E-state index in [4.69, 9.17) is 0 Å². The van der Waals surface area contributed by atoms with Gasteiger partial charge in [0.1, 0.15) is 0 Å². The summed E-state index contributed by atoms with van der Waals surface area (Å²) in [6.45, 7) is 9.07. The second kappa shape index (κ2) is 6.32. The third-order valence-electron chi connectivity index (χ3n) is 2.64. The van der Waals surface area contributed by atoms with Crippen LogP contribution in [-0.4, -0.2) is 0 Å². The molecule has 1 aliphatic rings. The van der Waals surface area contributed by atoms with Crippen LogP contribution in [0.5, 0.6) is 0 Å². The van der Waals surface area contributed by atoms with E-state index in [0.29, 0.717) is 0 Å². The molecule has 67 valence electrons. The van der Waals surface area contributed by atoms with Gasteiger partial charge in [-0.05, 0) is 0 Å². The molecule has 0 heterocycles. The fraction of sp³-hybridized carbons (Fsp3) is 0.556. The molecule has 0 radical (unpaired) electrons. The maximum absolute atomic E-state index is 2.32. The topological polar surface area (TPSA) is 0 Å². The molecule has 1 aliphatic carbocycles. The van der Waals surface area contributed by atoms with E-state index in [1.165, 1.54) is 29.9 Å². The maximum Gasteiger partial charge on any atom is -1.00 e. The predicted octanol–water partition coefficient (Wildman–Crippen LogP) is -3.20. The molecule has 0 spiro atoms. The van der Waals surface area contributed by atoms with Gasteiger partial charge in [0.15, 0.2) is 0 Å². The monoisotopic (exact) mass is 555 g/mol. The molecular formula is C9H13HfI2. The minimum atomic E-state index is 0. The fourth-order valence-corrected chi connectivity index (χ4v) is 2.82. The summed E-state index contributed by atoms with van der Waals surface area (Å²) in [4.78, 5) is 0. The molecule has 0 aromatic rings. The van der Waals surface area contributed by atoms with E-state index in [2.05, 4.69) is 27.7 Å². The van der Waals surface area contributed by atoms with E-state index >= 15 is 0 Å². The Morgan fingerprint density at radius 1 is 1.00 bits per heavy atom. The molecule has 0 bridgehead atoms. The first-order valence-electron chi connectivity index (χ1n) is 3.65. The first-order valence-corrected chi connectivity index (χ1v) is 5.45. The molecule has 0 saturated carbocycles. The zero-order valence-corrected chi connectivity index (χ0v) is 15.7. The SMILES string of the molecule is CC1=C(C)C(C)[C]([Hf+2])=C1C.[I-].[I-].